The number of halogens is 1. The summed E-state index contributed by atoms with van der Waals surface area (Å²) in [5.74, 6) is 0.800. The van der Waals surface area contributed by atoms with E-state index in [1.54, 1.807) is 11.3 Å². The number of thiophene rings is 1. The molecule has 2 aliphatic rings. The van der Waals surface area contributed by atoms with E-state index in [4.69, 9.17) is 4.74 Å². The lowest BCUT2D eigenvalue weighted by Gasteiger charge is -2.45. The third kappa shape index (κ3) is 2.67. The lowest BCUT2D eigenvalue weighted by atomic mass is 9.78. The van der Waals surface area contributed by atoms with Crippen LogP contribution in [0.2, 0.25) is 0 Å². The van der Waals surface area contributed by atoms with Crippen LogP contribution in [-0.4, -0.2) is 18.7 Å². The number of hydrogen-bond donors (Lipinski definition) is 1. The second-order valence-corrected chi connectivity index (χ2v) is 8.26. The average Bonchev–Trinajstić information content (AvgIpc) is 2.76. The van der Waals surface area contributed by atoms with Crippen molar-refractivity contribution in [3.8, 4) is 0 Å². The summed E-state index contributed by atoms with van der Waals surface area (Å²) in [6.07, 6.45) is 5.33. The number of morpholine rings is 1. The van der Waals surface area contributed by atoms with E-state index >= 15 is 0 Å². The normalized spacial score (nSPS) is 37.0. The number of hydrogen-bond acceptors (Lipinski definition) is 3. The first-order valence-corrected chi connectivity index (χ1v) is 8.42. The van der Waals surface area contributed by atoms with E-state index in [1.807, 2.05) is 0 Å². The van der Waals surface area contributed by atoms with Gasteiger partial charge in [-0.3, -0.25) is 0 Å². The van der Waals surface area contributed by atoms with Gasteiger partial charge in [-0.25, -0.2) is 0 Å². The number of ether oxygens (including phenoxy) is 1. The molecule has 1 N–H and O–H groups in total. The Hall–Kier alpha value is 0.1000. The Bertz CT molecular complexity index is 418. The Morgan fingerprint density at radius 2 is 2.39 bits per heavy atom. The lowest BCUT2D eigenvalue weighted by molar-refractivity contribution is -0.142. The van der Waals surface area contributed by atoms with Gasteiger partial charge < -0.3 is 10.1 Å². The van der Waals surface area contributed by atoms with Gasteiger partial charge in [0.15, 0.2) is 0 Å². The molecule has 4 heteroatoms. The van der Waals surface area contributed by atoms with E-state index in [1.165, 1.54) is 34.3 Å². The zero-order valence-electron chi connectivity index (χ0n) is 10.7. The molecule has 2 heterocycles. The average molecular weight is 330 g/mol. The summed E-state index contributed by atoms with van der Waals surface area (Å²) in [7, 11) is 0. The first kappa shape index (κ1) is 13.1. The Labute approximate surface area is 121 Å². The van der Waals surface area contributed by atoms with Crippen molar-refractivity contribution in [3.63, 3.8) is 0 Å². The molecule has 0 aromatic carbocycles. The number of nitrogens with one attached hydrogen (secondary N) is 1. The molecule has 2 fully saturated rings. The van der Waals surface area contributed by atoms with Crippen LogP contribution >= 0.6 is 27.3 Å². The van der Waals surface area contributed by atoms with Crippen LogP contribution in [0.15, 0.2) is 15.9 Å². The Kier molecular flexibility index (Phi) is 3.81. The highest BCUT2D eigenvalue weighted by Crippen LogP contribution is 2.41. The predicted molar refractivity (Wildman–Crippen MR) is 79.1 cm³/mol. The Morgan fingerprint density at radius 1 is 1.50 bits per heavy atom. The van der Waals surface area contributed by atoms with Gasteiger partial charge in [-0.05, 0) is 46.8 Å². The van der Waals surface area contributed by atoms with Crippen molar-refractivity contribution in [2.75, 3.05) is 13.1 Å². The standard InChI is InChI=1S/C14H20BrNOS/c1-10-3-2-6-14(7-10)9-16-8-11(17-14)12-4-5-13(15)18-12/h4-5,10-11,16H,2-3,6-9H2,1H3. The molecule has 18 heavy (non-hydrogen) atoms. The summed E-state index contributed by atoms with van der Waals surface area (Å²) in [4.78, 5) is 1.34. The van der Waals surface area contributed by atoms with Gasteiger partial charge in [0.05, 0.1) is 9.39 Å². The highest BCUT2D eigenvalue weighted by Gasteiger charge is 2.40. The smallest absolute Gasteiger partial charge is 0.105 e. The van der Waals surface area contributed by atoms with Crippen LogP contribution in [0.1, 0.15) is 43.6 Å². The fourth-order valence-corrected chi connectivity index (χ4v) is 4.81. The van der Waals surface area contributed by atoms with Crippen LogP contribution in [0.3, 0.4) is 0 Å². The van der Waals surface area contributed by atoms with Crippen LogP contribution in [0.5, 0.6) is 0 Å². The molecule has 1 saturated heterocycles. The molecule has 0 radical (unpaired) electrons. The molecule has 1 aliphatic carbocycles. The van der Waals surface area contributed by atoms with Gasteiger partial charge in [-0.1, -0.05) is 19.8 Å². The molecule has 100 valence electrons. The topological polar surface area (TPSA) is 21.3 Å². The summed E-state index contributed by atoms with van der Waals surface area (Å²) in [6.45, 7) is 4.33. The van der Waals surface area contributed by atoms with E-state index in [0.29, 0.717) is 0 Å². The van der Waals surface area contributed by atoms with Crippen LogP contribution in [-0.2, 0) is 4.74 Å². The lowest BCUT2D eigenvalue weighted by Crippen LogP contribution is -2.52. The van der Waals surface area contributed by atoms with Crippen LogP contribution in [0.4, 0.5) is 0 Å². The molecule has 2 nitrogen and oxygen atoms in total. The summed E-state index contributed by atoms with van der Waals surface area (Å²) in [6, 6.07) is 4.31. The highest BCUT2D eigenvalue weighted by atomic mass is 79.9. The minimum atomic E-state index is 0.0943. The fraction of sp³-hybridized carbons (Fsp3) is 0.714. The molecule has 3 unspecified atom stereocenters. The molecular formula is C14H20BrNOS. The molecular weight excluding hydrogens is 310 g/mol. The molecule has 0 amide bonds. The minimum absolute atomic E-state index is 0.0943. The number of rotatable bonds is 1. The largest absolute Gasteiger partial charge is 0.364 e. The van der Waals surface area contributed by atoms with E-state index in [0.717, 1.165) is 19.0 Å². The van der Waals surface area contributed by atoms with Crippen molar-refractivity contribution in [1.82, 2.24) is 5.32 Å². The molecule has 1 saturated carbocycles. The monoisotopic (exact) mass is 329 g/mol. The SMILES string of the molecule is CC1CCCC2(CNCC(c3ccc(Br)s3)O2)C1. The molecule has 3 atom stereocenters. The second kappa shape index (κ2) is 5.23. The Morgan fingerprint density at radius 3 is 3.11 bits per heavy atom. The highest BCUT2D eigenvalue weighted by molar-refractivity contribution is 9.11. The predicted octanol–water partition coefficient (Wildman–Crippen LogP) is 4.12. The van der Waals surface area contributed by atoms with Crippen molar-refractivity contribution in [2.24, 2.45) is 5.92 Å². The minimum Gasteiger partial charge on any atom is -0.364 e. The van der Waals surface area contributed by atoms with Gasteiger partial charge in [0, 0.05) is 18.0 Å². The molecule has 1 spiro atoms. The second-order valence-electron chi connectivity index (χ2n) is 5.76. The third-order valence-electron chi connectivity index (χ3n) is 4.13. The molecule has 3 rings (SSSR count). The fourth-order valence-electron chi connectivity index (χ4n) is 3.36. The van der Waals surface area contributed by atoms with E-state index in [9.17, 15) is 0 Å². The Balaban J connectivity index is 1.75. The van der Waals surface area contributed by atoms with Crippen molar-refractivity contribution in [1.29, 1.82) is 0 Å². The van der Waals surface area contributed by atoms with Gasteiger partial charge in [0.1, 0.15) is 6.10 Å². The van der Waals surface area contributed by atoms with Gasteiger partial charge in [-0.2, -0.15) is 0 Å². The van der Waals surface area contributed by atoms with Gasteiger partial charge in [-0.15, -0.1) is 11.3 Å². The van der Waals surface area contributed by atoms with Gasteiger partial charge in [0.25, 0.3) is 0 Å². The maximum Gasteiger partial charge on any atom is 0.105 e. The van der Waals surface area contributed by atoms with Crippen molar-refractivity contribution >= 4 is 27.3 Å². The zero-order valence-corrected chi connectivity index (χ0v) is 13.1. The summed E-state index contributed by atoms with van der Waals surface area (Å²) >= 11 is 5.33. The van der Waals surface area contributed by atoms with Crippen LogP contribution in [0.25, 0.3) is 0 Å². The van der Waals surface area contributed by atoms with Crippen LogP contribution < -0.4 is 5.32 Å². The molecule has 1 aromatic heterocycles. The quantitative estimate of drug-likeness (QED) is 0.836. The zero-order chi connectivity index (χ0) is 12.6. The van der Waals surface area contributed by atoms with Crippen molar-refractivity contribution in [2.45, 2.75) is 44.3 Å². The molecule has 1 aromatic rings. The third-order valence-corrected chi connectivity index (χ3v) is 5.85. The van der Waals surface area contributed by atoms with Crippen molar-refractivity contribution < 1.29 is 4.74 Å². The maximum absolute atomic E-state index is 6.51. The maximum atomic E-state index is 6.51. The van der Waals surface area contributed by atoms with Gasteiger partial charge in [0.2, 0.25) is 0 Å². The van der Waals surface area contributed by atoms with E-state index < -0.39 is 0 Å². The summed E-state index contributed by atoms with van der Waals surface area (Å²) in [5, 5.41) is 3.59. The van der Waals surface area contributed by atoms with Crippen molar-refractivity contribution in [3.05, 3.63) is 20.8 Å². The van der Waals surface area contributed by atoms with Crippen LogP contribution in [0, 0.1) is 5.92 Å². The first-order valence-electron chi connectivity index (χ1n) is 6.81. The summed E-state index contributed by atoms with van der Waals surface area (Å²) < 4.78 is 7.70. The first-order chi connectivity index (χ1) is 8.67. The van der Waals surface area contributed by atoms with E-state index in [-0.39, 0.29) is 11.7 Å². The van der Waals surface area contributed by atoms with E-state index in [2.05, 4.69) is 40.3 Å². The molecule has 1 aliphatic heterocycles. The van der Waals surface area contributed by atoms with Gasteiger partial charge >= 0.3 is 0 Å². The molecule has 0 bridgehead atoms. The summed E-state index contributed by atoms with van der Waals surface area (Å²) in [5.41, 5.74) is 0.0943.